The molecule has 0 saturated carbocycles. The Morgan fingerprint density at radius 2 is 2.10 bits per heavy atom. The molecule has 0 bridgehead atoms. The summed E-state index contributed by atoms with van der Waals surface area (Å²) in [5.74, 6) is 1.15. The van der Waals surface area contributed by atoms with Crippen molar-refractivity contribution in [2.45, 2.75) is 39.7 Å². The van der Waals surface area contributed by atoms with Gasteiger partial charge in [0.25, 0.3) is 0 Å². The number of nitrogens with zero attached hydrogens (tertiary/aromatic N) is 2. The largest absolute Gasteiger partial charge is 0.339 e. The van der Waals surface area contributed by atoms with E-state index in [1.807, 2.05) is 0 Å². The van der Waals surface area contributed by atoms with Gasteiger partial charge in [0.1, 0.15) is 5.82 Å². The Labute approximate surface area is 118 Å². The molecule has 0 saturated heterocycles. The molecule has 2 rings (SSSR count). The van der Waals surface area contributed by atoms with Crippen LogP contribution in [-0.2, 0) is 6.42 Å². The molecule has 2 aromatic rings. The van der Waals surface area contributed by atoms with E-state index in [1.54, 1.807) is 19.1 Å². The molecule has 0 aliphatic carbocycles. The highest BCUT2D eigenvalue weighted by atomic mass is 19.1. The van der Waals surface area contributed by atoms with Crippen LogP contribution in [0.4, 0.5) is 4.39 Å². The lowest BCUT2D eigenvalue weighted by molar-refractivity contribution is 0.359. The van der Waals surface area contributed by atoms with Gasteiger partial charge in [0.2, 0.25) is 11.7 Å². The number of aryl methyl sites for hydroxylation is 1. The van der Waals surface area contributed by atoms with Crippen molar-refractivity contribution in [2.24, 2.45) is 11.7 Å². The van der Waals surface area contributed by atoms with E-state index in [0.717, 1.165) is 6.42 Å². The van der Waals surface area contributed by atoms with Crippen LogP contribution in [0.2, 0.25) is 0 Å². The van der Waals surface area contributed by atoms with Crippen LogP contribution in [0.1, 0.15) is 31.7 Å². The summed E-state index contributed by atoms with van der Waals surface area (Å²) in [4.78, 5) is 4.27. The lowest BCUT2D eigenvalue weighted by atomic mass is 10.0. The average Bonchev–Trinajstić information content (AvgIpc) is 2.80. The van der Waals surface area contributed by atoms with Gasteiger partial charge in [0.05, 0.1) is 0 Å². The topological polar surface area (TPSA) is 64.9 Å². The molecular formula is C15H20FN3O. The number of nitrogens with two attached hydrogens (primary N) is 1. The number of aromatic nitrogens is 2. The first kappa shape index (κ1) is 14.7. The maximum Gasteiger partial charge on any atom is 0.228 e. The van der Waals surface area contributed by atoms with Gasteiger partial charge in [-0.1, -0.05) is 31.1 Å². The summed E-state index contributed by atoms with van der Waals surface area (Å²) in [5.41, 5.74) is 7.22. The van der Waals surface area contributed by atoms with E-state index >= 15 is 0 Å². The van der Waals surface area contributed by atoms with Crippen LogP contribution in [0.15, 0.2) is 22.7 Å². The van der Waals surface area contributed by atoms with Gasteiger partial charge in [-0.2, -0.15) is 4.98 Å². The summed E-state index contributed by atoms with van der Waals surface area (Å²) < 4.78 is 18.7. The zero-order chi connectivity index (χ0) is 14.7. The molecule has 0 amide bonds. The Bertz CT molecular complexity index is 580. The lowest BCUT2D eigenvalue weighted by Gasteiger charge is -2.10. The Morgan fingerprint density at radius 1 is 1.35 bits per heavy atom. The van der Waals surface area contributed by atoms with Gasteiger partial charge in [0.15, 0.2) is 0 Å². The van der Waals surface area contributed by atoms with Gasteiger partial charge < -0.3 is 10.3 Å². The van der Waals surface area contributed by atoms with Gasteiger partial charge in [-0.25, -0.2) is 4.39 Å². The number of hydrogen-bond acceptors (Lipinski definition) is 4. The standard InChI is InChI=1S/C15H20FN3O/c1-9(2)6-12(17)8-14-18-15(19-20-14)11-5-4-10(3)13(16)7-11/h4-5,7,9,12H,6,8,17H2,1-3H3. The molecule has 1 aromatic heterocycles. The van der Waals surface area contributed by atoms with Crippen molar-refractivity contribution in [3.63, 3.8) is 0 Å². The Balaban J connectivity index is 2.10. The maximum atomic E-state index is 13.5. The third kappa shape index (κ3) is 3.63. The zero-order valence-corrected chi connectivity index (χ0v) is 12.1. The minimum atomic E-state index is -0.273. The molecule has 1 atom stereocenters. The van der Waals surface area contributed by atoms with Gasteiger partial charge in [-0.3, -0.25) is 0 Å². The van der Waals surface area contributed by atoms with E-state index in [0.29, 0.717) is 35.2 Å². The molecule has 108 valence electrons. The molecule has 1 heterocycles. The first-order chi connectivity index (χ1) is 9.45. The van der Waals surface area contributed by atoms with Crippen LogP contribution in [0.25, 0.3) is 11.4 Å². The summed E-state index contributed by atoms with van der Waals surface area (Å²) >= 11 is 0. The van der Waals surface area contributed by atoms with Crippen molar-refractivity contribution >= 4 is 0 Å². The third-order valence-electron chi connectivity index (χ3n) is 3.11. The van der Waals surface area contributed by atoms with E-state index in [9.17, 15) is 4.39 Å². The predicted octanol–water partition coefficient (Wildman–Crippen LogP) is 3.10. The van der Waals surface area contributed by atoms with Crippen molar-refractivity contribution in [3.8, 4) is 11.4 Å². The lowest BCUT2D eigenvalue weighted by Crippen LogP contribution is -2.24. The molecule has 5 heteroatoms. The fourth-order valence-corrected chi connectivity index (χ4v) is 2.10. The van der Waals surface area contributed by atoms with Crippen molar-refractivity contribution in [3.05, 3.63) is 35.5 Å². The minimum absolute atomic E-state index is 0.00180. The van der Waals surface area contributed by atoms with Gasteiger partial charge >= 0.3 is 0 Å². The maximum absolute atomic E-state index is 13.5. The summed E-state index contributed by atoms with van der Waals surface area (Å²) in [6.45, 7) is 5.95. The monoisotopic (exact) mass is 277 g/mol. The molecule has 0 radical (unpaired) electrons. The quantitative estimate of drug-likeness (QED) is 0.912. The SMILES string of the molecule is Cc1ccc(-c2noc(CC(N)CC(C)C)n2)cc1F. The van der Waals surface area contributed by atoms with Crippen molar-refractivity contribution in [2.75, 3.05) is 0 Å². The number of rotatable bonds is 5. The predicted molar refractivity (Wildman–Crippen MR) is 75.6 cm³/mol. The second kappa shape index (κ2) is 6.13. The van der Waals surface area contributed by atoms with E-state index in [4.69, 9.17) is 10.3 Å². The summed E-state index contributed by atoms with van der Waals surface area (Å²) in [5, 5.41) is 3.88. The number of benzene rings is 1. The molecule has 2 N–H and O–H groups in total. The highest BCUT2D eigenvalue weighted by molar-refractivity contribution is 5.54. The van der Waals surface area contributed by atoms with Crippen LogP contribution in [0.5, 0.6) is 0 Å². The van der Waals surface area contributed by atoms with Crippen LogP contribution >= 0.6 is 0 Å². The highest BCUT2D eigenvalue weighted by Crippen LogP contribution is 2.19. The molecule has 0 aliphatic rings. The van der Waals surface area contributed by atoms with E-state index < -0.39 is 0 Å². The minimum Gasteiger partial charge on any atom is -0.339 e. The fraction of sp³-hybridized carbons (Fsp3) is 0.467. The molecule has 0 fully saturated rings. The van der Waals surface area contributed by atoms with Gasteiger partial charge in [-0.15, -0.1) is 0 Å². The molecule has 0 spiro atoms. The van der Waals surface area contributed by atoms with Gasteiger partial charge in [0, 0.05) is 18.0 Å². The Morgan fingerprint density at radius 3 is 2.75 bits per heavy atom. The number of halogens is 1. The molecule has 0 aliphatic heterocycles. The highest BCUT2D eigenvalue weighted by Gasteiger charge is 2.14. The van der Waals surface area contributed by atoms with Crippen molar-refractivity contribution < 1.29 is 8.91 Å². The van der Waals surface area contributed by atoms with Crippen molar-refractivity contribution in [1.82, 2.24) is 10.1 Å². The van der Waals surface area contributed by atoms with Crippen molar-refractivity contribution in [1.29, 1.82) is 0 Å². The van der Waals surface area contributed by atoms with Crippen LogP contribution in [-0.4, -0.2) is 16.2 Å². The summed E-state index contributed by atoms with van der Waals surface area (Å²) in [6.07, 6.45) is 1.44. The zero-order valence-electron chi connectivity index (χ0n) is 12.1. The van der Waals surface area contributed by atoms with E-state index in [2.05, 4.69) is 24.0 Å². The van der Waals surface area contributed by atoms with Crippen LogP contribution in [0.3, 0.4) is 0 Å². The molecule has 1 unspecified atom stereocenters. The van der Waals surface area contributed by atoms with Gasteiger partial charge in [-0.05, 0) is 30.9 Å². The average molecular weight is 277 g/mol. The summed E-state index contributed by atoms with van der Waals surface area (Å²) in [6, 6.07) is 4.89. The Kier molecular flexibility index (Phi) is 4.49. The molecular weight excluding hydrogens is 257 g/mol. The van der Waals surface area contributed by atoms with Crippen LogP contribution < -0.4 is 5.73 Å². The first-order valence-electron chi connectivity index (χ1n) is 6.80. The van der Waals surface area contributed by atoms with E-state index in [1.165, 1.54) is 6.07 Å². The van der Waals surface area contributed by atoms with E-state index in [-0.39, 0.29) is 11.9 Å². The summed E-state index contributed by atoms with van der Waals surface area (Å²) in [7, 11) is 0. The first-order valence-corrected chi connectivity index (χ1v) is 6.80. The normalized spacial score (nSPS) is 12.9. The smallest absolute Gasteiger partial charge is 0.228 e. The fourth-order valence-electron chi connectivity index (χ4n) is 2.10. The second-order valence-corrected chi connectivity index (χ2v) is 5.57. The van der Waals surface area contributed by atoms with Crippen LogP contribution in [0, 0.1) is 18.7 Å². The molecule has 1 aromatic carbocycles. The third-order valence-corrected chi connectivity index (χ3v) is 3.11. The number of hydrogen-bond donors (Lipinski definition) is 1. The molecule has 4 nitrogen and oxygen atoms in total. The molecule has 20 heavy (non-hydrogen) atoms. The second-order valence-electron chi connectivity index (χ2n) is 5.57. The Hall–Kier alpha value is -1.75.